The molecule has 3 aromatic heterocycles. The first-order valence-corrected chi connectivity index (χ1v) is 18.5. The van der Waals surface area contributed by atoms with Gasteiger partial charge in [-0.3, -0.25) is 0 Å². The number of likely N-dealkylation sites (N-methyl/N-ethyl adjacent to an activating group) is 1. The second-order valence-corrected chi connectivity index (χ2v) is 14.1. The van der Waals surface area contributed by atoms with E-state index in [1.165, 1.54) is 16.9 Å². The van der Waals surface area contributed by atoms with Gasteiger partial charge in [0.2, 0.25) is 11.2 Å². The molecule has 5 atom stereocenters. The third-order valence-electron chi connectivity index (χ3n) is 10.7. The number of fused-ring (bicyclic) bond motifs is 2. The first-order chi connectivity index (χ1) is 26.5. The third kappa shape index (κ3) is 7.65. The van der Waals surface area contributed by atoms with Gasteiger partial charge in [0, 0.05) is 74.6 Å². The molecule has 0 amide bonds. The Morgan fingerprint density at radius 1 is 1.02 bits per heavy atom. The van der Waals surface area contributed by atoms with Crippen molar-refractivity contribution in [1.29, 1.82) is 0 Å². The zero-order valence-corrected chi connectivity index (χ0v) is 31.3. The summed E-state index contributed by atoms with van der Waals surface area (Å²) in [5, 5.41) is 53.2. The number of hydrogen-bond donors (Lipinski definition) is 5. The normalized spacial score (nSPS) is 22.3. The highest BCUT2D eigenvalue weighted by Gasteiger charge is 2.44. The van der Waals surface area contributed by atoms with Gasteiger partial charge in [0.15, 0.2) is 6.23 Å². The molecule has 0 radical (unpaired) electrons. The minimum atomic E-state index is -1.57. The summed E-state index contributed by atoms with van der Waals surface area (Å²) in [5.74, 6) is -0.467. The van der Waals surface area contributed by atoms with Gasteiger partial charge in [-0.15, -0.1) is 5.10 Å². The van der Waals surface area contributed by atoms with Gasteiger partial charge in [-0.25, -0.2) is 13.9 Å². The van der Waals surface area contributed by atoms with E-state index in [0.29, 0.717) is 16.8 Å². The lowest BCUT2D eigenvalue weighted by Gasteiger charge is -2.39. The average molecular weight is 760 g/mol. The number of halogens is 1. The number of aliphatic hydroxyl groups excluding tert-OH is 4. The molecule has 2 aliphatic rings. The highest BCUT2D eigenvalue weighted by Crippen LogP contribution is 2.32. The summed E-state index contributed by atoms with van der Waals surface area (Å²) < 4.78 is 30.4. The molecule has 2 saturated heterocycles. The van der Waals surface area contributed by atoms with Crippen LogP contribution >= 0.6 is 0 Å². The molecule has 5 N–H and O–H groups in total. The maximum Gasteiger partial charge on any atom is 0.343 e. The molecule has 0 aliphatic carbocycles. The topological polar surface area (TPSA) is 177 Å². The average Bonchev–Trinajstić information content (AvgIpc) is 3.66. The van der Waals surface area contributed by atoms with Crippen LogP contribution in [0.3, 0.4) is 0 Å². The van der Waals surface area contributed by atoms with Gasteiger partial charge in [0.05, 0.1) is 41.7 Å². The van der Waals surface area contributed by atoms with Crippen molar-refractivity contribution in [3.8, 4) is 0 Å². The number of anilines is 3. The van der Waals surface area contributed by atoms with Gasteiger partial charge in [-0.1, -0.05) is 5.21 Å². The predicted octanol–water partition coefficient (Wildman–Crippen LogP) is 1.85. The molecule has 2 fully saturated rings. The van der Waals surface area contributed by atoms with Gasteiger partial charge in [-0.2, -0.15) is 4.57 Å². The Kier molecular flexibility index (Phi) is 11.2. The molecule has 0 unspecified atom stereocenters. The Balaban J connectivity index is 1.19. The summed E-state index contributed by atoms with van der Waals surface area (Å²) in [6, 6.07) is 13.0. The van der Waals surface area contributed by atoms with E-state index in [2.05, 4.69) is 51.2 Å². The van der Waals surface area contributed by atoms with Crippen molar-refractivity contribution in [2.45, 2.75) is 51.0 Å². The molecule has 55 heavy (non-hydrogen) atoms. The van der Waals surface area contributed by atoms with Crippen LogP contribution in [0.4, 0.5) is 21.5 Å². The van der Waals surface area contributed by atoms with Crippen molar-refractivity contribution in [2.24, 2.45) is 7.05 Å². The Morgan fingerprint density at radius 2 is 1.78 bits per heavy atom. The fraction of sp³-hybridized carbons (Fsp3) is 0.436. The highest BCUT2D eigenvalue weighted by molar-refractivity contribution is 5.93. The van der Waals surface area contributed by atoms with Crippen LogP contribution in [0.5, 0.6) is 0 Å². The Hall–Kier alpha value is -4.97. The minimum absolute atomic E-state index is 0.0582. The van der Waals surface area contributed by atoms with Crippen LogP contribution in [0, 0.1) is 5.82 Å². The molecule has 0 spiro atoms. The van der Waals surface area contributed by atoms with Gasteiger partial charge >= 0.3 is 5.63 Å². The predicted molar refractivity (Wildman–Crippen MR) is 206 cm³/mol. The van der Waals surface area contributed by atoms with Crippen molar-refractivity contribution in [3.63, 3.8) is 0 Å². The summed E-state index contributed by atoms with van der Waals surface area (Å²) in [6.45, 7) is 8.56. The first-order valence-electron chi connectivity index (χ1n) is 18.5. The molecule has 0 saturated carbocycles. The van der Waals surface area contributed by atoms with Crippen LogP contribution in [-0.2, 0) is 18.3 Å². The maximum absolute atomic E-state index is 15.9. The van der Waals surface area contributed by atoms with Crippen molar-refractivity contribution in [2.75, 3.05) is 68.0 Å². The highest BCUT2D eigenvalue weighted by atomic mass is 19.1. The number of ether oxygens (including phenoxy) is 1. The molecular weight excluding hydrogens is 711 g/mol. The van der Waals surface area contributed by atoms with E-state index in [4.69, 9.17) is 9.15 Å². The number of nitrogens with one attached hydrogen (secondary N) is 1. The van der Waals surface area contributed by atoms with Crippen LogP contribution in [0.2, 0.25) is 0 Å². The van der Waals surface area contributed by atoms with E-state index in [1.54, 1.807) is 12.1 Å². The first kappa shape index (κ1) is 38.3. The third-order valence-corrected chi connectivity index (χ3v) is 10.7. The molecular formula is C39H48FN8O7+. The molecule has 7 rings (SSSR count). The second-order valence-electron chi connectivity index (χ2n) is 14.1. The van der Waals surface area contributed by atoms with Crippen molar-refractivity contribution < 1.29 is 38.5 Å². The second kappa shape index (κ2) is 16.0. The maximum atomic E-state index is 15.9. The van der Waals surface area contributed by atoms with Gasteiger partial charge in [-0.05, 0) is 51.2 Å². The molecule has 5 heterocycles. The number of aryl methyl sites for hydroxylation is 1. The smallest absolute Gasteiger partial charge is 0.343 e. The van der Waals surface area contributed by atoms with E-state index in [0.717, 1.165) is 72.6 Å². The summed E-state index contributed by atoms with van der Waals surface area (Å²) in [5.41, 5.74) is 4.50. The lowest BCUT2D eigenvalue weighted by Crippen LogP contribution is -2.56. The molecule has 2 aromatic carbocycles. The van der Waals surface area contributed by atoms with Crippen LogP contribution in [0.15, 0.2) is 57.9 Å². The van der Waals surface area contributed by atoms with Crippen LogP contribution in [0.25, 0.3) is 34.0 Å². The number of rotatable bonds is 11. The number of piperazine rings is 1. The molecule has 15 nitrogen and oxygen atoms in total. The monoisotopic (exact) mass is 759 g/mol. The number of hydrogen-bond acceptors (Lipinski definition) is 13. The van der Waals surface area contributed by atoms with Gasteiger partial charge in [0.1, 0.15) is 48.6 Å². The molecule has 0 bridgehead atoms. The number of aliphatic hydroxyl groups is 4. The number of aromatic nitrogens is 4. The standard InChI is InChI=1S/C39H47FN8O7/c1-5-46(6-2)27-10-7-23-15-24(39(53)55-33(23)17-27)8-9-26-16-32(47-13-11-44(3)12-14-47)28-18-29(40)30(19-31(28)45(26)4)41-20-25-21-48(43-42-25)38-37(52)36(51)35(50)34(22-49)54-38/h7-10,15-19,21,34-38,49-52H,5-6,11-14,20,22H2,1-4H3/p+1/b9-8+/t34-,35-,36+,37-,38-/m1/s1. The number of pyridine rings is 1. The molecule has 2 aliphatic heterocycles. The lowest BCUT2D eigenvalue weighted by atomic mass is 9.98. The van der Waals surface area contributed by atoms with Crippen LogP contribution in [0.1, 0.15) is 37.0 Å². The van der Waals surface area contributed by atoms with Gasteiger partial charge < -0.3 is 49.6 Å². The van der Waals surface area contributed by atoms with Crippen LogP contribution in [-0.4, -0.2) is 118 Å². The van der Waals surface area contributed by atoms with E-state index in [-0.39, 0.29) is 12.2 Å². The largest absolute Gasteiger partial charge is 0.422 e. The van der Waals surface area contributed by atoms with E-state index in [1.807, 2.05) is 48.0 Å². The van der Waals surface area contributed by atoms with Crippen molar-refractivity contribution >= 4 is 51.1 Å². The molecule has 292 valence electrons. The summed E-state index contributed by atoms with van der Waals surface area (Å²) >= 11 is 0. The fourth-order valence-corrected chi connectivity index (χ4v) is 7.30. The molecule has 16 heteroatoms. The lowest BCUT2D eigenvalue weighted by molar-refractivity contribution is -0.646. The summed E-state index contributed by atoms with van der Waals surface area (Å²) in [4.78, 5) is 19.9. The summed E-state index contributed by atoms with van der Waals surface area (Å²) in [7, 11) is 3.97. The van der Waals surface area contributed by atoms with E-state index < -0.39 is 48.7 Å². The Labute approximate surface area is 317 Å². The Morgan fingerprint density at radius 3 is 2.51 bits per heavy atom. The number of nitrogens with zero attached hydrogens (tertiary/aromatic N) is 7. The minimum Gasteiger partial charge on any atom is -0.422 e. The van der Waals surface area contributed by atoms with E-state index >= 15 is 4.39 Å². The SMILES string of the molecule is CCN(CC)c1ccc2cc(/C=C/c3cc(N4CCN(C)CC4)c4cc(F)c(NCc5cn([C@@H]6O[C@H](CO)[C@@H](O)[C@H](O)[C@H]6O)nn5)cc4[n+]3C)c(=O)oc2c1. The summed E-state index contributed by atoms with van der Waals surface area (Å²) in [6.07, 6.45) is -1.82. The van der Waals surface area contributed by atoms with E-state index in [9.17, 15) is 25.2 Å². The fourth-order valence-electron chi connectivity index (χ4n) is 7.30. The van der Waals surface area contributed by atoms with Crippen molar-refractivity contribution in [3.05, 3.63) is 81.9 Å². The quantitative estimate of drug-likeness (QED) is 0.0976. The zero-order chi connectivity index (χ0) is 39.0. The van der Waals surface area contributed by atoms with Crippen molar-refractivity contribution in [1.82, 2.24) is 19.9 Å². The zero-order valence-electron chi connectivity index (χ0n) is 31.3. The Bertz CT molecular complexity index is 2250. The molecule has 5 aromatic rings. The number of benzene rings is 2. The van der Waals surface area contributed by atoms with Gasteiger partial charge in [0.25, 0.3) is 0 Å². The van der Waals surface area contributed by atoms with Crippen LogP contribution < -0.4 is 25.3 Å².